The molecular formula is C16H32N2O. The standard InChI is InChI=1S/C16H32N2O/c1-2-3-4-5-6-7-8-9-12-15-14(16(17)19)11-10-13-18-15/h14-15,18H,2-13H2,1H3,(H2,17,19). The average Bonchev–Trinajstić information content (AvgIpc) is 2.42. The minimum absolute atomic E-state index is 0.0679. The quantitative estimate of drug-likeness (QED) is 0.597. The van der Waals surface area contributed by atoms with Gasteiger partial charge in [0.05, 0.1) is 5.92 Å². The number of carbonyl (C=O) groups excluding carboxylic acids is 1. The van der Waals surface area contributed by atoms with Gasteiger partial charge in [0.2, 0.25) is 5.91 Å². The van der Waals surface area contributed by atoms with Crippen LogP contribution in [0.5, 0.6) is 0 Å². The first kappa shape index (κ1) is 16.5. The Morgan fingerprint density at radius 3 is 2.37 bits per heavy atom. The number of hydrogen-bond acceptors (Lipinski definition) is 2. The number of amides is 1. The molecule has 1 amide bonds. The first-order valence-electron chi connectivity index (χ1n) is 8.28. The maximum absolute atomic E-state index is 11.4. The molecule has 0 aromatic heterocycles. The molecule has 3 N–H and O–H groups in total. The third-order valence-electron chi connectivity index (χ3n) is 4.32. The van der Waals surface area contributed by atoms with E-state index in [1.807, 2.05) is 0 Å². The Balaban J connectivity index is 2.02. The fourth-order valence-corrected chi connectivity index (χ4v) is 3.09. The van der Waals surface area contributed by atoms with Crippen LogP contribution < -0.4 is 11.1 Å². The van der Waals surface area contributed by atoms with Gasteiger partial charge in [0, 0.05) is 6.04 Å². The predicted octanol–water partition coefficient (Wildman–Crippen LogP) is 3.37. The van der Waals surface area contributed by atoms with Gasteiger partial charge in [-0.05, 0) is 25.8 Å². The SMILES string of the molecule is CCCCCCCCCCC1NCCCC1C(N)=O. The van der Waals surface area contributed by atoms with Crippen LogP contribution in [0.4, 0.5) is 0 Å². The van der Waals surface area contributed by atoms with Gasteiger partial charge in [-0.1, -0.05) is 58.3 Å². The minimum Gasteiger partial charge on any atom is -0.369 e. The van der Waals surface area contributed by atoms with Gasteiger partial charge >= 0.3 is 0 Å². The highest BCUT2D eigenvalue weighted by molar-refractivity contribution is 5.77. The summed E-state index contributed by atoms with van der Waals surface area (Å²) >= 11 is 0. The Kier molecular flexibility index (Phi) is 8.89. The van der Waals surface area contributed by atoms with Gasteiger partial charge in [-0.3, -0.25) is 4.79 Å². The molecule has 3 nitrogen and oxygen atoms in total. The molecule has 1 aliphatic rings. The fourth-order valence-electron chi connectivity index (χ4n) is 3.09. The van der Waals surface area contributed by atoms with Crippen LogP contribution in [-0.4, -0.2) is 18.5 Å². The number of unbranched alkanes of at least 4 members (excludes halogenated alkanes) is 7. The van der Waals surface area contributed by atoms with Crippen molar-refractivity contribution in [1.82, 2.24) is 5.32 Å². The summed E-state index contributed by atoms with van der Waals surface area (Å²) in [7, 11) is 0. The summed E-state index contributed by atoms with van der Waals surface area (Å²) in [5, 5.41) is 3.47. The highest BCUT2D eigenvalue weighted by Gasteiger charge is 2.28. The van der Waals surface area contributed by atoms with E-state index in [1.165, 1.54) is 51.4 Å². The van der Waals surface area contributed by atoms with Gasteiger partial charge in [-0.2, -0.15) is 0 Å². The third-order valence-corrected chi connectivity index (χ3v) is 4.32. The van der Waals surface area contributed by atoms with E-state index in [4.69, 9.17) is 5.73 Å². The molecule has 3 heteroatoms. The van der Waals surface area contributed by atoms with Crippen LogP contribution in [0.3, 0.4) is 0 Å². The highest BCUT2D eigenvalue weighted by atomic mass is 16.1. The summed E-state index contributed by atoms with van der Waals surface area (Å²) in [6, 6.07) is 0.339. The summed E-state index contributed by atoms with van der Waals surface area (Å²) in [6.45, 7) is 3.30. The van der Waals surface area contributed by atoms with Crippen LogP contribution in [0.2, 0.25) is 0 Å². The second kappa shape index (κ2) is 10.2. The van der Waals surface area contributed by atoms with Crippen molar-refractivity contribution in [1.29, 1.82) is 0 Å². The van der Waals surface area contributed by atoms with Crippen molar-refractivity contribution in [2.75, 3.05) is 6.54 Å². The molecule has 0 aliphatic carbocycles. The van der Waals surface area contributed by atoms with Crippen molar-refractivity contribution in [2.24, 2.45) is 11.7 Å². The molecule has 1 heterocycles. The zero-order valence-electron chi connectivity index (χ0n) is 12.6. The van der Waals surface area contributed by atoms with E-state index in [0.29, 0.717) is 6.04 Å². The number of hydrogen-bond donors (Lipinski definition) is 2. The molecule has 112 valence electrons. The van der Waals surface area contributed by atoms with Crippen molar-refractivity contribution in [3.63, 3.8) is 0 Å². The summed E-state index contributed by atoms with van der Waals surface area (Å²) in [4.78, 5) is 11.4. The largest absolute Gasteiger partial charge is 0.369 e. The van der Waals surface area contributed by atoms with Gasteiger partial charge in [0.1, 0.15) is 0 Å². The second-order valence-electron chi connectivity index (χ2n) is 5.98. The molecule has 0 aromatic carbocycles. The molecule has 1 fully saturated rings. The molecule has 0 aromatic rings. The molecule has 1 aliphatic heterocycles. The first-order valence-corrected chi connectivity index (χ1v) is 8.28. The Labute approximate surface area is 118 Å². The molecule has 0 radical (unpaired) electrons. The molecule has 0 saturated carbocycles. The van der Waals surface area contributed by atoms with E-state index in [1.54, 1.807) is 0 Å². The Bertz CT molecular complexity index is 243. The fraction of sp³-hybridized carbons (Fsp3) is 0.938. The van der Waals surface area contributed by atoms with Gasteiger partial charge < -0.3 is 11.1 Å². The summed E-state index contributed by atoms with van der Waals surface area (Å²) in [5.41, 5.74) is 5.48. The predicted molar refractivity (Wildman–Crippen MR) is 80.9 cm³/mol. The number of primary amides is 1. The van der Waals surface area contributed by atoms with E-state index in [-0.39, 0.29) is 11.8 Å². The lowest BCUT2D eigenvalue weighted by Crippen LogP contribution is -2.46. The summed E-state index contributed by atoms with van der Waals surface area (Å²) < 4.78 is 0. The van der Waals surface area contributed by atoms with Crippen molar-refractivity contribution in [3.05, 3.63) is 0 Å². The Morgan fingerprint density at radius 1 is 1.11 bits per heavy atom. The molecule has 2 atom stereocenters. The number of rotatable bonds is 10. The molecule has 1 rings (SSSR count). The highest BCUT2D eigenvalue weighted by Crippen LogP contribution is 2.21. The van der Waals surface area contributed by atoms with Crippen LogP contribution in [-0.2, 0) is 4.79 Å². The summed E-state index contributed by atoms with van der Waals surface area (Å²) in [6.07, 6.45) is 13.9. The van der Waals surface area contributed by atoms with E-state index in [2.05, 4.69) is 12.2 Å². The number of piperidine rings is 1. The van der Waals surface area contributed by atoms with E-state index < -0.39 is 0 Å². The van der Waals surface area contributed by atoms with Crippen molar-refractivity contribution < 1.29 is 4.79 Å². The average molecular weight is 268 g/mol. The number of nitrogens with one attached hydrogen (secondary N) is 1. The van der Waals surface area contributed by atoms with Crippen LogP contribution in [0.15, 0.2) is 0 Å². The molecule has 1 saturated heterocycles. The lowest BCUT2D eigenvalue weighted by atomic mass is 9.87. The van der Waals surface area contributed by atoms with Crippen molar-refractivity contribution >= 4 is 5.91 Å². The number of carbonyl (C=O) groups is 1. The van der Waals surface area contributed by atoms with Crippen molar-refractivity contribution in [2.45, 2.75) is 83.6 Å². The molecule has 0 spiro atoms. The maximum atomic E-state index is 11.4. The van der Waals surface area contributed by atoms with Crippen LogP contribution in [0.25, 0.3) is 0 Å². The van der Waals surface area contributed by atoms with Crippen LogP contribution in [0, 0.1) is 5.92 Å². The molecule has 19 heavy (non-hydrogen) atoms. The Hall–Kier alpha value is -0.570. The normalized spacial score (nSPS) is 23.4. The molecular weight excluding hydrogens is 236 g/mol. The van der Waals surface area contributed by atoms with Gasteiger partial charge in [0.25, 0.3) is 0 Å². The maximum Gasteiger partial charge on any atom is 0.222 e. The second-order valence-corrected chi connectivity index (χ2v) is 5.98. The van der Waals surface area contributed by atoms with E-state index in [9.17, 15) is 4.79 Å². The first-order chi connectivity index (χ1) is 9.25. The summed E-state index contributed by atoms with van der Waals surface area (Å²) in [5.74, 6) is -0.0462. The lowest BCUT2D eigenvalue weighted by molar-refractivity contribution is -0.123. The van der Waals surface area contributed by atoms with Gasteiger partial charge in [-0.25, -0.2) is 0 Å². The lowest BCUT2D eigenvalue weighted by Gasteiger charge is -2.30. The number of nitrogens with two attached hydrogens (primary N) is 1. The zero-order valence-corrected chi connectivity index (χ0v) is 12.6. The van der Waals surface area contributed by atoms with Crippen molar-refractivity contribution in [3.8, 4) is 0 Å². The van der Waals surface area contributed by atoms with Crippen LogP contribution in [0.1, 0.15) is 77.6 Å². The monoisotopic (exact) mass is 268 g/mol. The van der Waals surface area contributed by atoms with Gasteiger partial charge in [-0.15, -0.1) is 0 Å². The Morgan fingerprint density at radius 2 is 1.74 bits per heavy atom. The topological polar surface area (TPSA) is 55.1 Å². The van der Waals surface area contributed by atoms with Crippen LogP contribution >= 0.6 is 0 Å². The minimum atomic E-state index is -0.114. The van der Waals surface area contributed by atoms with Gasteiger partial charge in [0.15, 0.2) is 0 Å². The zero-order chi connectivity index (χ0) is 13.9. The third kappa shape index (κ3) is 6.95. The molecule has 0 bridgehead atoms. The smallest absolute Gasteiger partial charge is 0.222 e. The molecule has 2 unspecified atom stereocenters. The van der Waals surface area contributed by atoms with E-state index in [0.717, 1.165) is 25.8 Å². The van der Waals surface area contributed by atoms with E-state index >= 15 is 0 Å².